The van der Waals surface area contributed by atoms with Crippen molar-refractivity contribution in [3.05, 3.63) is 59.8 Å². The number of fused-ring (bicyclic) bond motifs is 1. The number of aromatic nitrogens is 1. The first-order valence-corrected chi connectivity index (χ1v) is 12.1. The minimum Gasteiger partial charge on any atom is -0.396 e. The largest absolute Gasteiger partial charge is 0.396 e. The van der Waals surface area contributed by atoms with Gasteiger partial charge < -0.3 is 15.8 Å². The minimum absolute atomic E-state index is 0.0241. The number of nitrogens with one attached hydrogen (secondary N) is 1. The average Bonchev–Trinajstić information content (AvgIpc) is 3.21. The molecule has 1 aliphatic rings. The first kappa shape index (κ1) is 21.5. The van der Waals surface area contributed by atoms with Gasteiger partial charge in [-0.15, -0.1) is 0 Å². The maximum atomic E-state index is 12.4. The first-order chi connectivity index (χ1) is 14.9. The van der Waals surface area contributed by atoms with Crippen LogP contribution >= 0.6 is 0 Å². The van der Waals surface area contributed by atoms with Crippen molar-refractivity contribution in [3.8, 4) is 11.1 Å². The van der Waals surface area contributed by atoms with Crippen LogP contribution in [0.1, 0.15) is 41.1 Å². The molecule has 0 saturated carbocycles. The molecule has 1 aliphatic heterocycles. The number of aliphatic hydroxyl groups is 1. The second kappa shape index (κ2) is 8.82. The van der Waals surface area contributed by atoms with E-state index in [9.17, 15) is 13.2 Å². The number of piperidine rings is 1. The van der Waals surface area contributed by atoms with Gasteiger partial charge in [0, 0.05) is 31.3 Å². The lowest BCUT2D eigenvalue weighted by Gasteiger charge is -2.31. The molecule has 2 heterocycles. The van der Waals surface area contributed by atoms with Gasteiger partial charge in [0.15, 0.2) is 0 Å². The molecule has 4 rings (SSSR count). The van der Waals surface area contributed by atoms with Crippen LogP contribution in [0.15, 0.2) is 48.7 Å². The number of hydrogen-bond donors (Lipinski definition) is 3. The second-order valence-corrected chi connectivity index (χ2v) is 10.1. The summed E-state index contributed by atoms with van der Waals surface area (Å²) < 4.78 is 26.4. The number of primary amides is 1. The lowest BCUT2D eigenvalue weighted by molar-refractivity contribution is 0.100. The van der Waals surface area contributed by atoms with Gasteiger partial charge in [0.25, 0.3) is 5.91 Å². The summed E-state index contributed by atoms with van der Waals surface area (Å²) in [5, 5.41) is 9.90. The predicted octanol–water partition coefficient (Wildman–Crippen LogP) is 2.83. The van der Waals surface area contributed by atoms with Crippen LogP contribution in [0.5, 0.6) is 0 Å². The zero-order valence-electron chi connectivity index (χ0n) is 17.3. The lowest BCUT2D eigenvalue weighted by Crippen LogP contribution is -2.39. The quantitative estimate of drug-likeness (QED) is 0.523. The molecule has 0 spiro atoms. The van der Waals surface area contributed by atoms with Crippen LogP contribution < -0.4 is 5.73 Å². The van der Waals surface area contributed by atoms with Crippen molar-refractivity contribution >= 4 is 26.8 Å². The summed E-state index contributed by atoms with van der Waals surface area (Å²) in [5.74, 6) is -0.324. The minimum atomic E-state index is -3.34. The smallest absolute Gasteiger partial charge is 0.250 e. The summed E-state index contributed by atoms with van der Waals surface area (Å²) >= 11 is 0. The number of rotatable bonds is 7. The Morgan fingerprint density at radius 2 is 1.84 bits per heavy atom. The van der Waals surface area contributed by atoms with E-state index < -0.39 is 15.9 Å². The molecule has 31 heavy (non-hydrogen) atoms. The molecule has 1 amide bonds. The van der Waals surface area contributed by atoms with Gasteiger partial charge in [-0.25, -0.2) is 12.7 Å². The van der Waals surface area contributed by atoms with Gasteiger partial charge in [0.1, 0.15) is 0 Å². The Kier molecular flexibility index (Phi) is 6.13. The molecule has 0 radical (unpaired) electrons. The van der Waals surface area contributed by atoms with Gasteiger partial charge in [-0.1, -0.05) is 30.3 Å². The molecule has 164 valence electrons. The number of nitrogens with two attached hydrogens (primary N) is 1. The number of hydrogen-bond acceptors (Lipinski definition) is 4. The SMILES string of the molecule is NC(=O)c1cc(-c2ccccc2)cc2c(C3CCN(S(=O)(=O)CCCO)CC3)c[nH]c12. The van der Waals surface area contributed by atoms with Crippen molar-refractivity contribution < 1.29 is 18.3 Å². The fraction of sp³-hybridized carbons (Fsp3) is 0.348. The van der Waals surface area contributed by atoms with Crippen LogP contribution in [0.4, 0.5) is 0 Å². The van der Waals surface area contributed by atoms with Crippen molar-refractivity contribution in [2.75, 3.05) is 25.4 Å². The molecule has 1 fully saturated rings. The average molecular weight is 442 g/mol. The van der Waals surface area contributed by atoms with E-state index in [1.165, 1.54) is 4.31 Å². The molecule has 1 saturated heterocycles. The standard InChI is InChI=1S/C23H27N3O4S/c24-23(28)20-14-18(16-5-2-1-3-6-16)13-19-21(15-25-22(19)20)17-7-9-26(10-8-17)31(29,30)12-4-11-27/h1-3,5-6,13-15,17,25,27H,4,7-12H2,(H2,24,28). The van der Waals surface area contributed by atoms with E-state index in [0.717, 1.165) is 27.6 Å². The van der Waals surface area contributed by atoms with Gasteiger partial charge >= 0.3 is 0 Å². The summed E-state index contributed by atoms with van der Waals surface area (Å²) in [6.07, 6.45) is 3.58. The van der Waals surface area contributed by atoms with E-state index in [4.69, 9.17) is 10.8 Å². The number of aliphatic hydroxyl groups excluding tert-OH is 1. The molecule has 4 N–H and O–H groups in total. The third kappa shape index (κ3) is 4.37. The van der Waals surface area contributed by atoms with E-state index in [1.807, 2.05) is 42.6 Å². The van der Waals surface area contributed by atoms with Crippen molar-refractivity contribution in [3.63, 3.8) is 0 Å². The highest BCUT2D eigenvalue weighted by atomic mass is 32.2. The number of carbonyl (C=O) groups excluding carboxylic acids is 1. The summed E-state index contributed by atoms with van der Waals surface area (Å²) in [6.45, 7) is 0.773. The van der Waals surface area contributed by atoms with Crippen LogP contribution in [-0.2, 0) is 10.0 Å². The highest BCUT2D eigenvalue weighted by Gasteiger charge is 2.29. The van der Waals surface area contributed by atoms with Crippen LogP contribution in [0.25, 0.3) is 22.0 Å². The number of aromatic amines is 1. The first-order valence-electron chi connectivity index (χ1n) is 10.5. The highest BCUT2D eigenvalue weighted by Crippen LogP contribution is 2.37. The number of H-pyrrole nitrogens is 1. The molecule has 7 nitrogen and oxygen atoms in total. The van der Waals surface area contributed by atoms with Crippen LogP contribution in [0.2, 0.25) is 0 Å². The second-order valence-electron chi connectivity index (χ2n) is 7.99. The normalized spacial score (nSPS) is 16.0. The van der Waals surface area contributed by atoms with Crippen molar-refractivity contribution in [1.29, 1.82) is 0 Å². The fourth-order valence-corrected chi connectivity index (χ4v) is 5.92. The lowest BCUT2D eigenvalue weighted by atomic mass is 9.88. The van der Waals surface area contributed by atoms with Crippen LogP contribution in [-0.4, -0.2) is 54.2 Å². The Morgan fingerprint density at radius 1 is 1.13 bits per heavy atom. The zero-order chi connectivity index (χ0) is 22.0. The Morgan fingerprint density at radius 3 is 2.48 bits per heavy atom. The third-order valence-electron chi connectivity index (χ3n) is 6.04. The van der Waals surface area contributed by atoms with E-state index in [1.54, 1.807) is 0 Å². The topological polar surface area (TPSA) is 116 Å². The molecule has 1 aromatic heterocycles. The molecule has 2 aromatic carbocycles. The van der Waals surface area contributed by atoms with Crippen molar-refractivity contribution in [2.45, 2.75) is 25.2 Å². The van der Waals surface area contributed by atoms with E-state index in [-0.39, 0.29) is 24.7 Å². The summed E-state index contributed by atoms with van der Waals surface area (Å²) in [5.41, 5.74) is 9.86. The summed E-state index contributed by atoms with van der Waals surface area (Å²) in [7, 11) is -3.34. The predicted molar refractivity (Wildman–Crippen MR) is 121 cm³/mol. The molecule has 0 bridgehead atoms. The summed E-state index contributed by atoms with van der Waals surface area (Å²) in [6, 6.07) is 13.7. The van der Waals surface area contributed by atoms with Gasteiger partial charge in [-0.3, -0.25) is 4.79 Å². The number of nitrogens with zero attached hydrogens (tertiary/aromatic N) is 1. The molecule has 0 aliphatic carbocycles. The number of amides is 1. The zero-order valence-corrected chi connectivity index (χ0v) is 18.1. The molecule has 0 unspecified atom stereocenters. The fourth-order valence-electron chi connectivity index (χ4n) is 4.40. The number of sulfonamides is 1. The molecule has 3 aromatic rings. The van der Waals surface area contributed by atoms with Gasteiger partial charge in [0.2, 0.25) is 10.0 Å². The number of carbonyl (C=O) groups is 1. The van der Waals surface area contributed by atoms with Crippen LogP contribution in [0, 0.1) is 0 Å². The Hall–Kier alpha value is -2.68. The maximum Gasteiger partial charge on any atom is 0.250 e. The molecule has 0 atom stereocenters. The monoisotopic (exact) mass is 441 g/mol. The van der Waals surface area contributed by atoms with Crippen molar-refractivity contribution in [1.82, 2.24) is 9.29 Å². The van der Waals surface area contributed by atoms with Gasteiger partial charge in [0.05, 0.1) is 16.8 Å². The highest BCUT2D eigenvalue weighted by molar-refractivity contribution is 7.89. The van der Waals surface area contributed by atoms with E-state index in [2.05, 4.69) is 11.1 Å². The van der Waals surface area contributed by atoms with E-state index in [0.29, 0.717) is 31.5 Å². The Bertz CT molecular complexity index is 1180. The summed E-state index contributed by atoms with van der Waals surface area (Å²) in [4.78, 5) is 15.4. The molecule has 8 heteroatoms. The Balaban J connectivity index is 1.65. The van der Waals surface area contributed by atoms with E-state index >= 15 is 0 Å². The van der Waals surface area contributed by atoms with Gasteiger partial charge in [-0.05, 0) is 54.0 Å². The Labute approximate surface area is 181 Å². The van der Waals surface area contributed by atoms with Crippen molar-refractivity contribution in [2.24, 2.45) is 5.73 Å². The van der Waals surface area contributed by atoms with Crippen LogP contribution in [0.3, 0.4) is 0 Å². The molecular weight excluding hydrogens is 414 g/mol. The van der Waals surface area contributed by atoms with Gasteiger partial charge in [-0.2, -0.15) is 0 Å². The maximum absolute atomic E-state index is 12.4. The third-order valence-corrected chi connectivity index (χ3v) is 8.00. The molecular formula is C23H27N3O4S. The number of benzene rings is 2.